The van der Waals surface area contributed by atoms with E-state index in [-0.39, 0.29) is 6.61 Å². The molecule has 0 bridgehead atoms. The Labute approximate surface area is 59.5 Å². The molecular formula is C6H12N2O2. The van der Waals surface area contributed by atoms with Gasteiger partial charge in [0.05, 0.1) is 0 Å². The Morgan fingerprint density at radius 1 is 1.70 bits per heavy atom. The molecule has 0 radical (unpaired) electrons. The highest BCUT2D eigenvalue weighted by Gasteiger charge is 2.01. The molecule has 1 atom stereocenters. The van der Waals surface area contributed by atoms with E-state index >= 15 is 0 Å². The number of aliphatic hydroxyl groups is 1. The van der Waals surface area contributed by atoms with Gasteiger partial charge in [0.2, 0.25) is 5.91 Å². The zero-order chi connectivity index (χ0) is 7.98. The van der Waals surface area contributed by atoms with Crippen molar-refractivity contribution in [2.45, 2.75) is 12.5 Å². The molecule has 0 aliphatic carbocycles. The molecule has 0 spiro atoms. The maximum Gasteiger partial charge on any atom is 0.238 e. The summed E-state index contributed by atoms with van der Waals surface area (Å²) in [6.45, 7) is 0.0575. The summed E-state index contributed by atoms with van der Waals surface area (Å²) in [5, 5.41) is 8.31. The zero-order valence-electron chi connectivity index (χ0n) is 5.66. The lowest BCUT2D eigenvalue weighted by Gasteiger charge is -1.97. The van der Waals surface area contributed by atoms with Crippen LogP contribution >= 0.6 is 0 Å². The molecule has 58 valence electrons. The summed E-state index contributed by atoms with van der Waals surface area (Å²) >= 11 is 0. The second-order valence-electron chi connectivity index (χ2n) is 1.87. The molecule has 0 saturated carbocycles. The lowest BCUT2D eigenvalue weighted by molar-refractivity contribution is -0.118. The van der Waals surface area contributed by atoms with E-state index < -0.39 is 11.9 Å². The molecule has 4 nitrogen and oxygen atoms in total. The fourth-order valence-electron chi connectivity index (χ4n) is 0.412. The summed E-state index contributed by atoms with van der Waals surface area (Å²) in [6.07, 6.45) is 3.59. The Hall–Kier alpha value is -0.870. The van der Waals surface area contributed by atoms with Crippen molar-refractivity contribution in [3.63, 3.8) is 0 Å². The van der Waals surface area contributed by atoms with Crippen molar-refractivity contribution in [2.24, 2.45) is 11.5 Å². The van der Waals surface area contributed by atoms with Gasteiger partial charge in [0.25, 0.3) is 0 Å². The maximum atomic E-state index is 10.3. The predicted octanol–water partition coefficient (Wildman–Crippen LogP) is -1.26. The molecule has 0 aromatic rings. The van der Waals surface area contributed by atoms with Crippen LogP contribution in [0.5, 0.6) is 0 Å². The van der Waals surface area contributed by atoms with Crippen molar-refractivity contribution in [1.82, 2.24) is 0 Å². The van der Waals surface area contributed by atoms with Crippen LogP contribution in [0.1, 0.15) is 6.42 Å². The third-order valence-corrected chi connectivity index (χ3v) is 0.968. The predicted molar refractivity (Wildman–Crippen MR) is 38.0 cm³/mol. The van der Waals surface area contributed by atoms with Gasteiger partial charge in [0.15, 0.2) is 0 Å². The fourth-order valence-corrected chi connectivity index (χ4v) is 0.412. The number of primary amides is 1. The van der Waals surface area contributed by atoms with Gasteiger partial charge < -0.3 is 16.6 Å². The van der Waals surface area contributed by atoms with Gasteiger partial charge in [-0.1, -0.05) is 12.2 Å². The second-order valence-corrected chi connectivity index (χ2v) is 1.87. The lowest BCUT2D eigenvalue weighted by Crippen LogP contribution is -2.34. The highest BCUT2D eigenvalue weighted by Crippen LogP contribution is 1.84. The lowest BCUT2D eigenvalue weighted by atomic mass is 10.2. The van der Waals surface area contributed by atoms with Gasteiger partial charge in [-0.05, 0) is 6.42 Å². The summed E-state index contributed by atoms with van der Waals surface area (Å²) < 4.78 is 0. The number of rotatable bonds is 4. The van der Waals surface area contributed by atoms with E-state index in [2.05, 4.69) is 0 Å². The van der Waals surface area contributed by atoms with Crippen molar-refractivity contribution in [2.75, 3.05) is 6.61 Å². The fraction of sp³-hybridized carbons (Fsp3) is 0.500. The number of carbonyl (C=O) groups excluding carboxylic acids is 1. The van der Waals surface area contributed by atoms with Gasteiger partial charge in [-0.2, -0.15) is 0 Å². The average Bonchev–Trinajstić information content (AvgIpc) is 1.88. The number of carbonyl (C=O) groups is 1. The van der Waals surface area contributed by atoms with E-state index in [1.807, 2.05) is 0 Å². The zero-order valence-corrected chi connectivity index (χ0v) is 5.66. The molecule has 4 heteroatoms. The molecule has 10 heavy (non-hydrogen) atoms. The molecule has 1 amide bonds. The Kier molecular flexibility index (Phi) is 4.53. The maximum absolute atomic E-state index is 10.3. The van der Waals surface area contributed by atoms with Gasteiger partial charge in [0.1, 0.15) is 6.04 Å². The van der Waals surface area contributed by atoms with E-state index in [1.165, 1.54) is 6.08 Å². The first-order chi connectivity index (χ1) is 4.68. The molecule has 1 unspecified atom stereocenters. The molecule has 5 N–H and O–H groups in total. The number of hydrogen-bond donors (Lipinski definition) is 3. The van der Waals surface area contributed by atoms with Crippen LogP contribution in [0.4, 0.5) is 0 Å². The minimum atomic E-state index is -0.730. The number of aliphatic hydroxyl groups excluding tert-OH is 1. The molecular weight excluding hydrogens is 132 g/mol. The number of nitrogens with two attached hydrogens (primary N) is 2. The van der Waals surface area contributed by atoms with Gasteiger partial charge in [-0.3, -0.25) is 4.79 Å². The first-order valence-electron chi connectivity index (χ1n) is 3.01. The van der Waals surface area contributed by atoms with Crippen LogP contribution in [0, 0.1) is 0 Å². The van der Waals surface area contributed by atoms with Crippen LogP contribution in [0.15, 0.2) is 12.2 Å². The van der Waals surface area contributed by atoms with Crippen molar-refractivity contribution < 1.29 is 9.90 Å². The summed E-state index contributed by atoms with van der Waals surface area (Å²) in [6, 6.07) is -0.730. The summed E-state index contributed by atoms with van der Waals surface area (Å²) in [5.41, 5.74) is 10.1. The van der Waals surface area contributed by atoms with E-state index in [1.54, 1.807) is 6.08 Å². The van der Waals surface area contributed by atoms with Crippen molar-refractivity contribution in [3.8, 4) is 0 Å². The van der Waals surface area contributed by atoms with Crippen molar-refractivity contribution in [3.05, 3.63) is 12.2 Å². The van der Waals surface area contributed by atoms with E-state index in [0.29, 0.717) is 6.42 Å². The average molecular weight is 144 g/mol. The Morgan fingerprint density at radius 2 is 2.30 bits per heavy atom. The minimum Gasteiger partial charge on any atom is -0.396 e. The molecule has 0 fully saturated rings. The van der Waals surface area contributed by atoms with Crippen molar-refractivity contribution >= 4 is 5.91 Å². The molecule has 0 aromatic carbocycles. The summed E-state index contributed by atoms with van der Waals surface area (Å²) in [4.78, 5) is 10.3. The Balaban J connectivity index is 3.55. The Morgan fingerprint density at radius 3 is 2.70 bits per heavy atom. The largest absolute Gasteiger partial charge is 0.396 e. The van der Waals surface area contributed by atoms with Gasteiger partial charge in [0, 0.05) is 6.61 Å². The highest BCUT2D eigenvalue weighted by molar-refractivity contribution is 5.81. The first kappa shape index (κ1) is 9.13. The molecule has 0 saturated heterocycles. The van der Waals surface area contributed by atoms with Crippen LogP contribution < -0.4 is 11.5 Å². The second kappa shape index (κ2) is 4.96. The third-order valence-electron chi connectivity index (χ3n) is 0.968. The van der Waals surface area contributed by atoms with Crippen LogP contribution in [0.3, 0.4) is 0 Å². The molecule has 0 aliphatic rings. The van der Waals surface area contributed by atoms with Gasteiger partial charge in [-0.15, -0.1) is 0 Å². The Bertz CT molecular complexity index is 134. The minimum absolute atomic E-state index is 0.0575. The van der Waals surface area contributed by atoms with Crippen LogP contribution in [-0.2, 0) is 4.79 Å². The monoisotopic (exact) mass is 144 g/mol. The first-order valence-corrected chi connectivity index (χ1v) is 3.01. The summed E-state index contributed by atoms with van der Waals surface area (Å²) in [7, 11) is 0. The molecule has 0 aliphatic heterocycles. The van der Waals surface area contributed by atoms with E-state index in [9.17, 15) is 4.79 Å². The topological polar surface area (TPSA) is 89.3 Å². The van der Waals surface area contributed by atoms with Gasteiger partial charge >= 0.3 is 0 Å². The van der Waals surface area contributed by atoms with Gasteiger partial charge in [-0.25, -0.2) is 0 Å². The normalized spacial score (nSPS) is 13.8. The highest BCUT2D eigenvalue weighted by atomic mass is 16.2. The molecule has 0 aromatic heterocycles. The van der Waals surface area contributed by atoms with Crippen LogP contribution in [-0.4, -0.2) is 23.7 Å². The number of amides is 1. The standard InChI is InChI=1S/C6H12N2O2/c7-5(6(8)10)3-1-2-4-9/h1,3,5,9H,2,4,7H2,(H2,8,10). The smallest absolute Gasteiger partial charge is 0.238 e. The SMILES string of the molecule is NC(=O)C(N)C=CCCO. The third kappa shape index (κ3) is 4.05. The van der Waals surface area contributed by atoms with E-state index in [0.717, 1.165) is 0 Å². The van der Waals surface area contributed by atoms with Crippen LogP contribution in [0.25, 0.3) is 0 Å². The molecule has 0 rings (SSSR count). The summed E-state index contributed by atoms with van der Waals surface area (Å²) in [5.74, 6) is -0.561. The molecule has 0 heterocycles. The number of hydrogen-bond acceptors (Lipinski definition) is 3. The van der Waals surface area contributed by atoms with Crippen LogP contribution in [0.2, 0.25) is 0 Å². The quantitative estimate of drug-likeness (QED) is 0.430. The van der Waals surface area contributed by atoms with E-state index in [4.69, 9.17) is 16.6 Å². The van der Waals surface area contributed by atoms with Crippen molar-refractivity contribution in [1.29, 1.82) is 0 Å².